The first-order valence-corrected chi connectivity index (χ1v) is 17.3. The van der Waals surface area contributed by atoms with Crippen molar-refractivity contribution in [1.82, 2.24) is 5.32 Å². The summed E-state index contributed by atoms with van der Waals surface area (Å²) in [6.45, 7) is 23.2. The van der Waals surface area contributed by atoms with Crippen LogP contribution in [0, 0.1) is 56.7 Å². The van der Waals surface area contributed by atoms with Gasteiger partial charge in [0, 0.05) is 18.9 Å². The summed E-state index contributed by atoms with van der Waals surface area (Å²) >= 11 is 0. The summed E-state index contributed by atoms with van der Waals surface area (Å²) in [6.07, 6.45) is 11.0. The highest BCUT2D eigenvalue weighted by Gasteiger charge is 2.72. The molecule has 10 atom stereocenters. The fourth-order valence-corrected chi connectivity index (χ4v) is 12.6. The van der Waals surface area contributed by atoms with Gasteiger partial charge in [-0.3, -0.25) is 14.4 Å². The van der Waals surface area contributed by atoms with Gasteiger partial charge in [-0.05, 0) is 124 Å². The molecule has 0 unspecified atom stereocenters. The Kier molecular flexibility index (Phi) is 8.47. The highest BCUT2D eigenvalue weighted by Crippen LogP contribution is 2.77. The van der Waals surface area contributed by atoms with Gasteiger partial charge in [0.2, 0.25) is 5.91 Å². The summed E-state index contributed by atoms with van der Waals surface area (Å²) in [7, 11) is 0. The molecule has 0 saturated heterocycles. The molecule has 0 aromatic heterocycles. The summed E-state index contributed by atoms with van der Waals surface area (Å²) in [5.74, 6) is 2.03. The van der Waals surface area contributed by atoms with Crippen molar-refractivity contribution in [2.45, 2.75) is 132 Å². The molecule has 43 heavy (non-hydrogen) atoms. The van der Waals surface area contributed by atoms with Gasteiger partial charge >= 0.3 is 11.9 Å². The van der Waals surface area contributed by atoms with Crippen molar-refractivity contribution in [2.24, 2.45) is 56.7 Å². The van der Waals surface area contributed by atoms with E-state index in [1.165, 1.54) is 31.3 Å². The summed E-state index contributed by atoms with van der Waals surface area (Å²) in [4.78, 5) is 38.1. The smallest absolute Gasteiger partial charge is 0.307 e. The molecule has 6 heteroatoms. The second kappa shape index (κ2) is 11.2. The number of hydrogen-bond acceptors (Lipinski definition) is 5. The van der Waals surface area contributed by atoms with Crippen LogP contribution in [0.25, 0.3) is 0 Å². The molecular weight excluding hydrogens is 538 g/mol. The van der Waals surface area contributed by atoms with E-state index >= 15 is 0 Å². The second-order valence-electron chi connectivity index (χ2n) is 16.6. The molecule has 5 saturated carbocycles. The summed E-state index contributed by atoms with van der Waals surface area (Å²) < 4.78 is 11.0. The van der Waals surface area contributed by atoms with Crippen LogP contribution >= 0.6 is 0 Å². The quantitative estimate of drug-likeness (QED) is 0.241. The van der Waals surface area contributed by atoms with Gasteiger partial charge in [-0.1, -0.05) is 46.8 Å². The standard InChI is InChI=1S/C37H59NO5/c1-10-42-30(40)16-22-38-32(41)37-19-13-25(23(2)3)31(37)26-11-12-28-34(7)17-15-29(43-24(4)39)33(5,6)27(34)14-18-36(28,9)35(26,8)20-21-37/h25-29,31H,2,10-22H2,1,3-9H3,(H,38,41)/t25-,26+,27-,28+,29-,31+,34-,35+,36+,37-/m0/s1. The summed E-state index contributed by atoms with van der Waals surface area (Å²) in [5.41, 5.74) is 1.36. The van der Waals surface area contributed by atoms with Gasteiger partial charge in [0.15, 0.2) is 0 Å². The van der Waals surface area contributed by atoms with Crippen LogP contribution in [-0.4, -0.2) is 37.1 Å². The molecule has 1 amide bonds. The molecule has 5 fully saturated rings. The Labute approximate surface area is 260 Å². The third kappa shape index (κ3) is 4.82. The fourth-order valence-electron chi connectivity index (χ4n) is 12.6. The highest BCUT2D eigenvalue weighted by molar-refractivity contribution is 5.84. The van der Waals surface area contributed by atoms with Crippen LogP contribution in [0.3, 0.4) is 0 Å². The minimum atomic E-state index is -0.378. The van der Waals surface area contributed by atoms with Gasteiger partial charge in [-0.25, -0.2) is 0 Å². The molecule has 0 spiro atoms. The second-order valence-corrected chi connectivity index (χ2v) is 16.6. The summed E-state index contributed by atoms with van der Waals surface area (Å²) in [5, 5.41) is 3.20. The SMILES string of the molecule is C=C(C)[C@@H]1CC[C@]2(C(=O)NCCC(=O)OCC)CC[C@]3(C)[C@H](CC[C@@H]4[C@@]5(C)CC[C@H](OC(C)=O)C(C)(C)[C@@H]5CC[C@]43C)[C@@H]12. The maximum Gasteiger partial charge on any atom is 0.307 e. The van der Waals surface area contributed by atoms with E-state index in [2.05, 4.69) is 53.4 Å². The number of ether oxygens (including phenoxy) is 2. The van der Waals surface area contributed by atoms with E-state index in [4.69, 9.17) is 9.47 Å². The van der Waals surface area contributed by atoms with Crippen LogP contribution in [0.2, 0.25) is 0 Å². The maximum absolute atomic E-state index is 14.1. The van der Waals surface area contributed by atoms with Gasteiger partial charge in [0.25, 0.3) is 0 Å². The third-order valence-corrected chi connectivity index (χ3v) is 14.7. The predicted molar refractivity (Wildman–Crippen MR) is 169 cm³/mol. The monoisotopic (exact) mass is 597 g/mol. The van der Waals surface area contributed by atoms with E-state index in [-0.39, 0.29) is 57.4 Å². The minimum absolute atomic E-state index is 0.00758. The van der Waals surface area contributed by atoms with Crippen molar-refractivity contribution >= 4 is 17.8 Å². The Morgan fingerprint density at radius 1 is 0.837 bits per heavy atom. The van der Waals surface area contributed by atoms with Crippen molar-refractivity contribution in [1.29, 1.82) is 0 Å². The molecule has 0 heterocycles. The number of nitrogens with one attached hydrogen (secondary N) is 1. The number of fused-ring (bicyclic) bond motifs is 7. The molecular formula is C37H59NO5. The van der Waals surface area contributed by atoms with Gasteiger partial charge in [-0.2, -0.15) is 0 Å². The van der Waals surface area contributed by atoms with Crippen LogP contribution in [0.1, 0.15) is 126 Å². The Morgan fingerprint density at radius 2 is 1.56 bits per heavy atom. The largest absolute Gasteiger partial charge is 0.466 e. The van der Waals surface area contributed by atoms with E-state index in [9.17, 15) is 14.4 Å². The van der Waals surface area contributed by atoms with Gasteiger partial charge in [0.1, 0.15) is 6.10 Å². The van der Waals surface area contributed by atoms with Crippen LogP contribution < -0.4 is 5.32 Å². The van der Waals surface area contributed by atoms with E-state index in [0.717, 1.165) is 38.5 Å². The zero-order chi connectivity index (χ0) is 31.6. The first kappa shape index (κ1) is 32.5. The Hall–Kier alpha value is -1.85. The molecule has 0 aliphatic heterocycles. The van der Waals surface area contributed by atoms with Crippen LogP contribution in [-0.2, 0) is 23.9 Å². The Morgan fingerprint density at radius 3 is 2.21 bits per heavy atom. The van der Waals surface area contributed by atoms with Crippen molar-refractivity contribution < 1.29 is 23.9 Å². The molecule has 0 aromatic carbocycles. The molecule has 5 aliphatic carbocycles. The normalized spacial score (nSPS) is 44.6. The maximum atomic E-state index is 14.1. The molecule has 0 radical (unpaired) electrons. The van der Waals surface area contributed by atoms with E-state index in [1.54, 1.807) is 6.92 Å². The fraction of sp³-hybridized carbons (Fsp3) is 0.865. The Bertz CT molecular complexity index is 1150. The lowest BCUT2D eigenvalue weighted by Crippen LogP contribution is -2.67. The van der Waals surface area contributed by atoms with Gasteiger partial charge in [-0.15, -0.1) is 0 Å². The van der Waals surface area contributed by atoms with E-state index < -0.39 is 0 Å². The van der Waals surface area contributed by atoms with Crippen molar-refractivity contribution in [3.8, 4) is 0 Å². The molecule has 0 bridgehead atoms. The van der Waals surface area contributed by atoms with Crippen LogP contribution in [0.15, 0.2) is 12.2 Å². The van der Waals surface area contributed by atoms with Crippen LogP contribution in [0.5, 0.6) is 0 Å². The lowest BCUT2D eigenvalue weighted by Gasteiger charge is -2.72. The average molecular weight is 598 g/mol. The molecule has 5 aliphatic rings. The highest BCUT2D eigenvalue weighted by atomic mass is 16.5. The number of esters is 2. The molecule has 1 N–H and O–H groups in total. The lowest BCUT2D eigenvalue weighted by atomic mass is 9.32. The lowest BCUT2D eigenvalue weighted by molar-refractivity contribution is -0.248. The first-order chi connectivity index (χ1) is 20.1. The zero-order valence-corrected chi connectivity index (χ0v) is 28.4. The van der Waals surface area contributed by atoms with Crippen molar-refractivity contribution in [3.63, 3.8) is 0 Å². The van der Waals surface area contributed by atoms with Gasteiger partial charge < -0.3 is 14.8 Å². The number of allylic oxidation sites excluding steroid dienone is 1. The van der Waals surface area contributed by atoms with Crippen molar-refractivity contribution in [2.75, 3.05) is 13.2 Å². The van der Waals surface area contributed by atoms with E-state index in [0.29, 0.717) is 42.7 Å². The number of hydrogen-bond donors (Lipinski definition) is 1. The third-order valence-electron chi connectivity index (χ3n) is 14.7. The van der Waals surface area contributed by atoms with E-state index in [1.807, 2.05) is 6.92 Å². The number of rotatable bonds is 7. The molecule has 5 rings (SSSR count). The zero-order valence-electron chi connectivity index (χ0n) is 28.4. The number of carbonyl (C=O) groups excluding carboxylic acids is 3. The molecule has 0 aromatic rings. The van der Waals surface area contributed by atoms with Crippen LogP contribution in [0.4, 0.5) is 0 Å². The Balaban J connectivity index is 1.44. The minimum Gasteiger partial charge on any atom is -0.466 e. The molecule has 6 nitrogen and oxygen atoms in total. The first-order valence-electron chi connectivity index (χ1n) is 17.3. The average Bonchev–Trinajstić information content (AvgIpc) is 3.32. The number of amides is 1. The number of carbonyl (C=O) groups is 3. The van der Waals surface area contributed by atoms with Gasteiger partial charge in [0.05, 0.1) is 18.4 Å². The molecule has 242 valence electrons. The topological polar surface area (TPSA) is 81.7 Å². The van der Waals surface area contributed by atoms with Crippen molar-refractivity contribution in [3.05, 3.63) is 12.2 Å². The predicted octanol–water partition coefficient (Wildman–Crippen LogP) is 7.65. The summed E-state index contributed by atoms with van der Waals surface area (Å²) in [6, 6.07) is 0.